The Morgan fingerprint density at radius 1 is 1.60 bits per heavy atom. The first-order valence-electron chi connectivity index (χ1n) is 4.81. The lowest BCUT2D eigenvalue weighted by Crippen LogP contribution is -2.20. The van der Waals surface area contributed by atoms with Crippen molar-refractivity contribution in [2.24, 2.45) is 5.73 Å². The van der Waals surface area contributed by atoms with Crippen LogP contribution in [0.25, 0.3) is 0 Å². The van der Waals surface area contributed by atoms with Gasteiger partial charge in [0, 0.05) is 13.0 Å². The van der Waals surface area contributed by atoms with Crippen LogP contribution in [-0.2, 0) is 11.2 Å². The third-order valence-corrected chi connectivity index (χ3v) is 1.94. The van der Waals surface area contributed by atoms with E-state index in [1.165, 1.54) is 13.0 Å². The second kappa shape index (κ2) is 4.89. The number of benzene rings is 1. The van der Waals surface area contributed by atoms with Gasteiger partial charge in [-0.05, 0) is 25.0 Å². The maximum Gasteiger partial charge on any atom is 0.221 e. The fourth-order valence-electron chi connectivity index (χ4n) is 1.40. The number of carbonyl (C=O) groups is 1. The Morgan fingerprint density at radius 3 is 2.80 bits per heavy atom. The fraction of sp³-hybridized carbons (Fsp3) is 0.364. The summed E-state index contributed by atoms with van der Waals surface area (Å²) in [5.74, 6) is -0.714. The number of rotatable bonds is 3. The van der Waals surface area contributed by atoms with Crippen LogP contribution in [0, 0.1) is 5.82 Å². The number of para-hydroxylation sites is 1. The van der Waals surface area contributed by atoms with E-state index in [1.54, 1.807) is 12.1 Å². The van der Waals surface area contributed by atoms with Crippen LogP contribution in [0.5, 0.6) is 0 Å². The Morgan fingerprint density at radius 2 is 2.27 bits per heavy atom. The molecule has 0 saturated carbocycles. The highest BCUT2D eigenvalue weighted by molar-refractivity contribution is 5.89. The van der Waals surface area contributed by atoms with Gasteiger partial charge >= 0.3 is 0 Å². The van der Waals surface area contributed by atoms with Gasteiger partial charge in [-0.2, -0.15) is 0 Å². The standard InChI is InChI=1S/C11H15FN2O/c1-7(13)6-9-4-3-5-10(12)11(9)14-8(2)15/h3-5,7H,6,13H2,1-2H3,(H,14,15). The van der Waals surface area contributed by atoms with Gasteiger partial charge in [0.1, 0.15) is 5.82 Å². The van der Waals surface area contributed by atoms with E-state index in [2.05, 4.69) is 5.32 Å². The minimum atomic E-state index is -0.427. The summed E-state index contributed by atoms with van der Waals surface area (Å²) in [4.78, 5) is 10.9. The van der Waals surface area contributed by atoms with E-state index in [0.29, 0.717) is 6.42 Å². The lowest BCUT2D eigenvalue weighted by molar-refractivity contribution is -0.114. The lowest BCUT2D eigenvalue weighted by atomic mass is 10.1. The van der Waals surface area contributed by atoms with Gasteiger partial charge in [-0.3, -0.25) is 4.79 Å². The van der Waals surface area contributed by atoms with Crippen molar-refractivity contribution in [3.8, 4) is 0 Å². The van der Waals surface area contributed by atoms with Crippen molar-refractivity contribution in [2.75, 3.05) is 5.32 Å². The SMILES string of the molecule is CC(=O)Nc1c(F)cccc1CC(C)N. The molecule has 0 fully saturated rings. The molecule has 0 aliphatic heterocycles. The van der Waals surface area contributed by atoms with Gasteiger partial charge in [0.25, 0.3) is 0 Å². The van der Waals surface area contributed by atoms with Crippen molar-refractivity contribution in [2.45, 2.75) is 26.3 Å². The molecule has 1 aromatic carbocycles. The molecule has 0 aromatic heterocycles. The number of anilines is 1. The van der Waals surface area contributed by atoms with E-state index in [4.69, 9.17) is 5.73 Å². The molecule has 0 aliphatic carbocycles. The maximum absolute atomic E-state index is 13.4. The molecule has 0 radical (unpaired) electrons. The second-order valence-corrected chi connectivity index (χ2v) is 3.64. The zero-order valence-electron chi connectivity index (χ0n) is 8.88. The van der Waals surface area contributed by atoms with Gasteiger partial charge in [-0.25, -0.2) is 4.39 Å². The summed E-state index contributed by atoms with van der Waals surface area (Å²) in [6.07, 6.45) is 0.535. The highest BCUT2D eigenvalue weighted by atomic mass is 19.1. The van der Waals surface area contributed by atoms with Crippen LogP contribution in [0.2, 0.25) is 0 Å². The minimum absolute atomic E-state index is 0.0701. The highest BCUT2D eigenvalue weighted by Crippen LogP contribution is 2.20. The van der Waals surface area contributed by atoms with Crippen LogP contribution in [0.4, 0.5) is 10.1 Å². The molecule has 3 N–H and O–H groups in total. The van der Waals surface area contributed by atoms with Gasteiger partial charge in [0.05, 0.1) is 5.69 Å². The van der Waals surface area contributed by atoms with Crippen molar-refractivity contribution in [1.29, 1.82) is 0 Å². The fourth-order valence-corrected chi connectivity index (χ4v) is 1.40. The molecule has 4 heteroatoms. The van der Waals surface area contributed by atoms with Gasteiger partial charge in [-0.1, -0.05) is 12.1 Å². The van der Waals surface area contributed by atoms with Crippen LogP contribution in [0.1, 0.15) is 19.4 Å². The van der Waals surface area contributed by atoms with Crippen LogP contribution < -0.4 is 11.1 Å². The Bertz CT molecular complexity index is 364. The summed E-state index contributed by atoms with van der Waals surface area (Å²) in [5, 5.41) is 2.48. The highest BCUT2D eigenvalue weighted by Gasteiger charge is 2.10. The number of amides is 1. The third kappa shape index (κ3) is 3.32. The molecule has 0 saturated heterocycles. The maximum atomic E-state index is 13.4. The summed E-state index contributed by atoms with van der Waals surface area (Å²) in [7, 11) is 0. The van der Waals surface area contributed by atoms with Crippen molar-refractivity contribution < 1.29 is 9.18 Å². The van der Waals surface area contributed by atoms with Crippen LogP contribution in [-0.4, -0.2) is 11.9 Å². The van der Waals surface area contributed by atoms with Crippen molar-refractivity contribution in [3.05, 3.63) is 29.6 Å². The first kappa shape index (κ1) is 11.7. The van der Waals surface area contributed by atoms with Gasteiger partial charge in [-0.15, -0.1) is 0 Å². The monoisotopic (exact) mass is 210 g/mol. The van der Waals surface area contributed by atoms with Crippen molar-refractivity contribution in [3.63, 3.8) is 0 Å². The lowest BCUT2D eigenvalue weighted by Gasteiger charge is -2.12. The zero-order valence-corrected chi connectivity index (χ0v) is 8.88. The number of halogens is 1. The Balaban J connectivity index is 3.02. The number of nitrogens with two attached hydrogens (primary N) is 1. The molecule has 3 nitrogen and oxygen atoms in total. The zero-order chi connectivity index (χ0) is 11.4. The summed E-state index contributed by atoms with van der Waals surface area (Å²) >= 11 is 0. The molecule has 0 bridgehead atoms. The Labute approximate surface area is 88.5 Å². The average molecular weight is 210 g/mol. The van der Waals surface area contributed by atoms with Gasteiger partial charge < -0.3 is 11.1 Å². The molecular weight excluding hydrogens is 195 g/mol. The molecular formula is C11H15FN2O. The normalized spacial score (nSPS) is 12.3. The van der Waals surface area contributed by atoms with Crippen LogP contribution in [0.3, 0.4) is 0 Å². The van der Waals surface area contributed by atoms with E-state index in [1.807, 2.05) is 6.92 Å². The van der Waals surface area contributed by atoms with E-state index in [0.717, 1.165) is 5.56 Å². The van der Waals surface area contributed by atoms with Crippen LogP contribution in [0.15, 0.2) is 18.2 Å². The molecule has 1 rings (SSSR count). The number of nitrogens with one attached hydrogen (secondary N) is 1. The van der Waals surface area contributed by atoms with Crippen molar-refractivity contribution >= 4 is 11.6 Å². The molecule has 1 amide bonds. The quantitative estimate of drug-likeness (QED) is 0.797. The first-order valence-corrected chi connectivity index (χ1v) is 4.81. The molecule has 0 heterocycles. The molecule has 82 valence electrons. The second-order valence-electron chi connectivity index (χ2n) is 3.64. The number of hydrogen-bond donors (Lipinski definition) is 2. The minimum Gasteiger partial charge on any atom is -0.328 e. The first-order chi connectivity index (χ1) is 7.00. The van der Waals surface area contributed by atoms with Gasteiger partial charge in [0.2, 0.25) is 5.91 Å². The van der Waals surface area contributed by atoms with Gasteiger partial charge in [0.15, 0.2) is 0 Å². The predicted molar refractivity (Wildman–Crippen MR) is 58.1 cm³/mol. The summed E-state index contributed by atoms with van der Waals surface area (Å²) < 4.78 is 13.4. The Hall–Kier alpha value is -1.42. The summed E-state index contributed by atoms with van der Waals surface area (Å²) in [6, 6.07) is 4.62. The smallest absolute Gasteiger partial charge is 0.221 e. The Kier molecular flexibility index (Phi) is 3.80. The molecule has 0 aliphatic rings. The topological polar surface area (TPSA) is 55.1 Å². The molecule has 15 heavy (non-hydrogen) atoms. The average Bonchev–Trinajstić information content (AvgIpc) is 2.09. The van der Waals surface area contributed by atoms with E-state index < -0.39 is 5.82 Å². The summed E-state index contributed by atoms with van der Waals surface area (Å²) in [5.41, 5.74) is 6.60. The predicted octanol–water partition coefficient (Wildman–Crippen LogP) is 1.67. The largest absolute Gasteiger partial charge is 0.328 e. The summed E-state index contributed by atoms with van der Waals surface area (Å²) in [6.45, 7) is 3.19. The van der Waals surface area contributed by atoms with Crippen LogP contribution >= 0.6 is 0 Å². The van der Waals surface area contributed by atoms with E-state index in [9.17, 15) is 9.18 Å². The van der Waals surface area contributed by atoms with E-state index >= 15 is 0 Å². The molecule has 1 aromatic rings. The number of carbonyl (C=O) groups excluding carboxylic acids is 1. The number of hydrogen-bond acceptors (Lipinski definition) is 2. The molecule has 0 spiro atoms. The van der Waals surface area contributed by atoms with Crippen molar-refractivity contribution in [1.82, 2.24) is 0 Å². The molecule has 1 unspecified atom stereocenters. The molecule has 1 atom stereocenters. The third-order valence-electron chi connectivity index (χ3n) is 1.94. The van der Waals surface area contributed by atoms with E-state index in [-0.39, 0.29) is 17.6 Å².